The normalized spacial score (nSPS) is 11.2. The molecule has 0 heterocycles. The van der Waals surface area contributed by atoms with E-state index in [1.165, 1.54) is 12.1 Å². The second-order valence-corrected chi connectivity index (χ2v) is 4.40. The number of ether oxygens (including phenoxy) is 1. The molecule has 0 aromatic heterocycles. The molecule has 0 aliphatic heterocycles. The number of halogens is 3. The lowest BCUT2D eigenvalue weighted by atomic mass is 10.2. The molecule has 102 valence electrons. The van der Waals surface area contributed by atoms with Gasteiger partial charge < -0.3 is 10.5 Å². The summed E-state index contributed by atoms with van der Waals surface area (Å²) in [6, 6.07) is 6.36. The fraction of sp³-hybridized carbons (Fsp3) is 0.417. The van der Waals surface area contributed by atoms with Crippen molar-refractivity contribution in [2.24, 2.45) is 5.73 Å². The number of amides is 1. The van der Waals surface area contributed by atoms with Crippen LogP contribution in [-0.4, -0.2) is 11.7 Å². The monoisotopic (exact) mass is 263 g/mol. The van der Waals surface area contributed by atoms with Gasteiger partial charge in [0, 0.05) is 0 Å². The topological polar surface area (TPSA) is 52.3 Å². The summed E-state index contributed by atoms with van der Waals surface area (Å²) in [6.07, 6.45) is -4.93. The summed E-state index contributed by atoms with van der Waals surface area (Å²) < 4.78 is 39.9. The molecule has 1 aromatic rings. The van der Waals surface area contributed by atoms with Crippen LogP contribution in [0.5, 0.6) is 0 Å². The zero-order chi connectivity index (χ0) is 14.4. The van der Waals surface area contributed by atoms with Crippen molar-refractivity contribution in [2.45, 2.75) is 32.5 Å². The number of carbonyl (C=O) groups excluding carboxylic acids is 1. The van der Waals surface area contributed by atoms with Crippen molar-refractivity contribution in [3.05, 3.63) is 35.9 Å². The largest absolute Gasteiger partial charge is 0.444 e. The molecule has 0 unspecified atom stereocenters. The van der Waals surface area contributed by atoms with Gasteiger partial charge in [-0.2, -0.15) is 13.2 Å². The van der Waals surface area contributed by atoms with Gasteiger partial charge in [-0.25, -0.2) is 4.79 Å². The fourth-order valence-electron chi connectivity index (χ4n) is 0.929. The Kier molecular flexibility index (Phi) is 5.68. The Hall–Kier alpha value is -1.72. The van der Waals surface area contributed by atoms with Gasteiger partial charge in [0.05, 0.1) is 5.56 Å². The average molecular weight is 263 g/mol. The van der Waals surface area contributed by atoms with Crippen molar-refractivity contribution < 1.29 is 22.7 Å². The minimum atomic E-state index is -4.21. The van der Waals surface area contributed by atoms with Crippen LogP contribution >= 0.6 is 0 Å². The third kappa shape index (κ3) is 8.43. The van der Waals surface area contributed by atoms with E-state index >= 15 is 0 Å². The van der Waals surface area contributed by atoms with E-state index in [1.807, 2.05) is 0 Å². The fourth-order valence-corrected chi connectivity index (χ4v) is 0.929. The third-order valence-corrected chi connectivity index (χ3v) is 1.51. The Morgan fingerprint density at radius 3 is 1.72 bits per heavy atom. The minimum Gasteiger partial charge on any atom is -0.444 e. The van der Waals surface area contributed by atoms with Crippen molar-refractivity contribution in [2.75, 3.05) is 0 Å². The first-order chi connectivity index (χ1) is 8.02. The Bertz CT molecular complexity index is 369. The van der Waals surface area contributed by atoms with Gasteiger partial charge in [-0.1, -0.05) is 30.3 Å². The lowest BCUT2D eigenvalue weighted by molar-refractivity contribution is -0.137. The van der Waals surface area contributed by atoms with Crippen LogP contribution in [0.4, 0.5) is 18.0 Å². The van der Waals surface area contributed by atoms with Crippen LogP contribution in [-0.2, 0) is 10.9 Å². The molecule has 0 aliphatic carbocycles. The van der Waals surface area contributed by atoms with E-state index in [1.54, 1.807) is 26.8 Å². The van der Waals surface area contributed by atoms with E-state index in [-0.39, 0.29) is 0 Å². The quantitative estimate of drug-likeness (QED) is 0.777. The molecule has 3 nitrogen and oxygen atoms in total. The van der Waals surface area contributed by atoms with Crippen molar-refractivity contribution in [3.8, 4) is 0 Å². The van der Waals surface area contributed by atoms with Crippen molar-refractivity contribution >= 4 is 6.09 Å². The van der Waals surface area contributed by atoms with Crippen LogP contribution < -0.4 is 5.73 Å². The maximum Gasteiger partial charge on any atom is 0.416 e. The highest BCUT2D eigenvalue weighted by molar-refractivity contribution is 5.65. The van der Waals surface area contributed by atoms with Gasteiger partial charge in [-0.15, -0.1) is 0 Å². The molecule has 18 heavy (non-hydrogen) atoms. The smallest absolute Gasteiger partial charge is 0.416 e. The number of hydrogen-bond donors (Lipinski definition) is 1. The number of carbonyl (C=O) groups is 1. The van der Waals surface area contributed by atoms with Crippen LogP contribution in [0.2, 0.25) is 0 Å². The van der Waals surface area contributed by atoms with Gasteiger partial charge in [0.15, 0.2) is 0 Å². The number of rotatable bonds is 0. The second-order valence-electron chi connectivity index (χ2n) is 4.40. The molecule has 1 aromatic carbocycles. The Morgan fingerprint density at radius 1 is 1.11 bits per heavy atom. The van der Waals surface area contributed by atoms with E-state index in [0.29, 0.717) is 0 Å². The highest BCUT2D eigenvalue weighted by Gasteiger charge is 2.29. The van der Waals surface area contributed by atoms with Crippen LogP contribution in [0.3, 0.4) is 0 Å². The Morgan fingerprint density at radius 2 is 1.56 bits per heavy atom. The summed E-state index contributed by atoms with van der Waals surface area (Å²) in [5, 5.41) is 0. The van der Waals surface area contributed by atoms with Gasteiger partial charge >= 0.3 is 12.3 Å². The lowest BCUT2D eigenvalue weighted by Crippen LogP contribution is -2.27. The number of benzene rings is 1. The molecule has 0 saturated carbocycles. The van der Waals surface area contributed by atoms with Crippen molar-refractivity contribution in [1.82, 2.24) is 0 Å². The zero-order valence-electron chi connectivity index (χ0n) is 10.4. The molecule has 6 heteroatoms. The number of primary amides is 1. The molecular weight excluding hydrogens is 247 g/mol. The summed E-state index contributed by atoms with van der Waals surface area (Å²) >= 11 is 0. The highest BCUT2D eigenvalue weighted by atomic mass is 19.4. The predicted molar refractivity (Wildman–Crippen MR) is 61.9 cm³/mol. The molecule has 0 fully saturated rings. The number of nitrogens with two attached hydrogens (primary N) is 1. The number of hydrogen-bond acceptors (Lipinski definition) is 2. The first kappa shape index (κ1) is 16.3. The molecule has 0 radical (unpaired) electrons. The molecule has 0 saturated heterocycles. The van der Waals surface area contributed by atoms with Crippen LogP contribution in [0.1, 0.15) is 26.3 Å². The number of alkyl halides is 3. The zero-order valence-corrected chi connectivity index (χ0v) is 10.4. The molecule has 0 aliphatic rings. The van der Waals surface area contributed by atoms with Gasteiger partial charge in [-0.3, -0.25) is 0 Å². The maximum atomic E-state index is 11.8. The van der Waals surface area contributed by atoms with E-state index in [0.717, 1.165) is 12.1 Å². The molecule has 0 atom stereocenters. The summed E-state index contributed by atoms with van der Waals surface area (Å²) in [4.78, 5) is 10.0. The van der Waals surface area contributed by atoms with Gasteiger partial charge in [0.1, 0.15) is 5.60 Å². The van der Waals surface area contributed by atoms with E-state index in [2.05, 4.69) is 4.74 Å². The van der Waals surface area contributed by atoms with Gasteiger partial charge in [-0.05, 0) is 20.8 Å². The van der Waals surface area contributed by atoms with Crippen LogP contribution in [0.25, 0.3) is 0 Å². The molecule has 1 amide bonds. The molecule has 1 rings (SSSR count). The standard InChI is InChI=1S/C7H5F3.C5H11NO2/c8-7(9,10)6-4-2-1-3-5-6;1-5(2,3)8-4(6)7/h1-5H;1-3H3,(H2,6,7). The van der Waals surface area contributed by atoms with Crippen molar-refractivity contribution in [3.63, 3.8) is 0 Å². The third-order valence-electron chi connectivity index (χ3n) is 1.51. The molecule has 0 spiro atoms. The predicted octanol–water partition coefficient (Wildman–Crippen LogP) is 3.59. The molecule has 2 N–H and O–H groups in total. The van der Waals surface area contributed by atoms with E-state index < -0.39 is 23.4 Å². The Balaban J connectivity index is 0.000000331. The lowest BCUT2D eigenvalue weighted by Gasteiger charge is -2.16. The summed E-state index contributed by atoms with van der Waals surface area (Å²) in [5.41, 5.74) is 3.66. The first-order valence-electron chi connectivity index (χ1n) is 5.13. The highest BCUT2D eigenvalue weighted by Crippen LogP contribution is 2.28. The van der Waals surface area contributed by atoms with Crippen molar-refractivity contribution in [1.29, 1.82) is 0 Å². The van der Waals surface area contributed by atoms with Crippen LogP contribution in [0, 0.1) is 0 Å². The molecule has 0 bridgehead atoms. The van der Waals surface area contributed by atoms with Gasteiger partial charge in [0.2, 0.25) is 0 Å². The maximum absolute atomic E-state index is 11.8. The van der Waals surface area contributed by atoms with E-state index in [9.17, 15) is 18.0 Å². The molecular formula is C12H16F3NO2. The SMILES string of the molecule is CC(C)(C)OC(N)=O.FC(F)(F)c1ccccc1. The average Bonchev–Trinajstić information content (AvgIpc) is 2.14. The summed E-state index contributed by atoms with van der Waals surface area (Å²) in [5.74, 6) is 0. The van der Waals surface area contributed by atoms with Crippen LogP contribution in [0.15, 0.2) is 30.3 Å². The summed E-state index contributed by atoms with van der Waals surface area (Å²) in [7, 11) is 0. The minimum absolute atomic E-state index is 0.453. The Labute approximate surface area is 104 Å². The first-order valence-corrected chi connectivity index (χ1v) is 5.13. The van der Waals surface area contributed by atoms with E-state index in [4.69, 9.17) is 5.73 Å². The second kappa shape index (κ2) is 6.28. The summed E-state index contributed by atoms with van der Waals surface area (Å²) in [6.45, 7) is 5.28. The van der Waals surface area contributed by atoms with Gasteiger partial charge in [0.25, 0.3) is 0 Å².